The van der Waals surface area contributed by atoms with E-state index in [0.717, 1.165) is 24.8 Å². The van der Waals surface area contributed by atoms with Gasteiger partial charge in [0.2, 0.25) is 0 Å². The molecule has 5 nitrogen and oxygen atoms in total. The van der Waals surface area contributed by atoms with Crippen LogP contribution < -0.4 is 0 Å². The van der Waals surface area contributed by atoms with Gasteiger partial charge in [-0.1, -0.05) is 13.0 Å². The van der Waals surface area contributed by atoms with Gasteiger partial charge in [-0.25, -0.2) is 0 Å². The van der Waals surface area contributed by atoms with Crippen LogP contribution in [0.4, 0.5) is 0 Å². The number of carbonyl (C=O) groups is 2. The fourth-order valence-corrected chi connectivity index (χ4v) is 4.92. The highest BCUT2D eigenvalue weighted by Gasteiger charge is 2.53. The normalized spacial score (nSPS) is 38.2. The smallest absolute Gasteiger partial charge is 0.307 e. The Bertz CT molecular complexity index is 605. The molecule has 1 N–H and O–H groups in total. The van der Waals surface area contributed by atoms with Crippen LogP contribution in [0.5, 0.6) is 0 Å². The second-order valence-corrected chi connectivity index (χ2v) is 7.50. The molecule has 0 radical (unpaired) electrons. The van der Waals surface area contributed by atoms with Crippen LogP contribution in [0.2, 0.25) is 0 Å². The largest absolute Gasteiger partial charge is 0.462 e. The second kappa shape index (κ2) is 6.36. The topological polar surface area (TPSA) is 72.8 Å². The van der Waals surface area contributed by atoms with Gasteiger partial charge in [-0.05, 0) is 42.7 Å². The molecule has 0 aromatic heterocycles. The van der Waals surface area contributed by atoms with Crippen molar-refractivity contribution in [1.29, 1.82) is 0 Å². The zero-order valence-corrected chi connectivity index (χ0v) is 14.6. The third-order valence-electron chi connectivity index (χ3n) is 5.90. The molecule has 132 valence electrons. The molecule has 3 aliphatic rings. The first kappa shape index (κ1) is 17.2. The fraction of sp³-hybridized carbons (Fsp3) is 0.684. The molecule has 3 rings (SSSR count). The average Bonchev–Trinajstić information content (AvgIpc) is 2.49. The number of carbonyl (C=O) groups excluding carboxylic acids is 2. The summed E-state index contributed by atoms with van der Waals surface area (Å²) in [5.41, 5.74) is 0.957. The Morgan fingerprint density at radius 3 is 2.67 bits per heavy atom. The van der Waals surface area contributed by atoms with Crippen molar-refractivity contribution in [1.82, 2.24) is 0 Å². The molecule has 1 saturated carbocycles. The number of aliphatic hydroxyl groups excluding tert-OH is 1. The van der Waals surface area contributed by atoms with Crippen molar-refractivity contribution < 1.29 is 24.2 Å². The molecule has 0 amide bonds. The van der Waals surface area contributed by atoms with Crippen LogP contribution in [0.15, 0.2) is 23.5 Å². The number of hydrogen-bond donors (Lipinski definition) is 1. The van der Waals surface area contributed by atoms with Gasteiger partial charge < -0.3 is 14.6 Å². The first-order chi connectivity index (χ1) is 11.3. The molecule has 1 fully saturated rings. The molecule has 0 aliphatic heterocycles. The molecule has 5 atom stereocenters. The van der Waals surface area contributed by atoms with Crippen molar-refractivity contribution in [2.24, 2.45) is 17.3 Å². The van der Waals surface area contributed by atoms with E-state index in [9.17, 15) is 14.7 Å². The van der Waals surface area contributed by atoms with E-state index in [1.54, 1.807) is 0 Å². The third kappa shape index (κ3) is 3.02. The van der Waals surface area contributed by atoms with Gasteiger partial charge in [-0.3, -0.25) is 9.59 Å². The molecular weight excluding hydrogens is 308 g/mol. The lowest BCUT2D eigenvalue weighted by Crippen LogP contribution is -2.52. The SMILES string of the molecule is CC(=O)OC1=CC2=CCC3C(OC(C)=O)CCC(O)C3C2(C)CC1. The summed E-state index contributed by atoms with van der Waals surface area (Å²) in [5, 5.41) is 10.7. The first-order valence-corrected chi connectivity index (χ1v) is 8.76. The standard InChI is InChI=1S/C19H26O5/c1-11(20)23-14-8-9-19(3)13(10-14)4-5-15-17(24-12(2)21)7-6-16(22)18(15)19/h4,10,15-18,22H,5-9H2,1-3H3. The summed E-state index contributed by atoms with van der Waals surface area (Å²) >= 11 is 0. The molecule has 3 aliphatic carbocycles. The highest BCUT2D eigenvalue weighted by molar-refractivity contribution is 5.67. The summed E-state index contributed by atoms with van der Waals surface area (Å²) in [5.74, 6) is 0.356. The van der Waals surface area contributed by atoms with E-state index < -0.39 is 0 Å². The number of allylic oxidation sites excluding steroid dienone is 4. The number of ether oxygens (including phenoxy) is 2. The van der Waals surface area contributed by atoms with Crippen LogP contribution in [0, 0.1) is 17.3 Å². The zero-order chi connectivity index (χ0) is 17.5. The molecule has 5 heteroatoms. The number of hydrogen-bond acceptors (Lipinski definition) is 5. The van der Waals surface area contributed by atoms with Crippen molar-refractivity contribution >= 4 is 11.9 Å². The van der Waals surface area contributed by atoms with Gasteiger partial charge >= 0.3 is 11.9 Å². The fourth-order valence-electron chi connectivity index (χ4n) is 4.92. The highest BCUT2D eigenvalue weighted by Crippen LogP contribution is 2.56. The molecule has 0 aromatic carbocycles. The Labute approximate surface area is 142 Å². The van der Waals surface area contributed by atoms with Gasteiger partial charge in [-0.2, -0.15) is 0 Å². The number of fused-ring (bicyclic) bond motifs is 3. The molecule has 24 heavy (non-hydrogen) atoms. The summed E-state index contributed by atoms with van der Waals surface area (Å²) < 4.78 is 10.8. The summed E-state index contributed by atoms with van der Waals surface area (Å²) in [4.78, 5) is 22.6. The zero-order valence-electron chi connectivity index (χ0n) is 14.6. The molecule has 0 aromatic rings. The lowest BCUT2D eigenvalue weighted by atomic mass is 9.53. The predicted molar refractivity (Wildman–Crippen MR) is 87.7 cm³/mol. The Kier molecular flexibility index (Phi) is 4.56. The minimum atomic E-state index is -0.390. The van der Waals surface area contributed by atoms with Gasteiger partial charge in [0.1, 0.15) is 11.9 Å². The lowest BCUT2D eigenvalue weighted by molar-refractivity contribution is -0.161. The van der Waals surface area contributed by atoms with Crippen LogP contribution in [0.25, 0.3) is 0 Å². The van der Waals surface area contributed by atoms with E-state index >= 15 is 0 Å². The van der Waals surface area contributed by atoms with E-state index in [1.165, 1.54) is 13.8 Å². The molecule has 0 bridgehead atoms. The minimum absolute atomic E-state index is 0.0609. The summed E-state index contributed by atoms with van der Waals surface area (Å²) in [6, 6.07) is 0. The van der Waals surface area contributed by atoms with E-state index in [1.807, 2.05) is 6.08 Å². The van der Waals surface area contributed by atoms with Crippen LogP contribution in [-0.2, 0) is 19.1 Å². The van der Waals surface area contributed by atoms with Crippen molar-refractivity contribution in [2.45, 2.75) is 65.1 Å². The van der Waals surface area contributed by atoms with Gasteiger partial charge in [-0.15, -0.1) is 0 Å². The summed E-state index contributed by atoms with van der Waals surface area (Å²) in [6.45, 7) is 5.03. The maximum atomic E-state index is 11.4. The number of rotatable bonds is 2. The maximum absolute atomic E-state index is 11.4. The lowest BCUT2D eigenvalue weighted by Gasteiger charge is -2.53. The Morgan fingerprint density at radius 2 is 2.00 bits per heavy atom. The summed E-state index contributed by atoms with van der Waals surface area (Å²) in [6.07, 6.45) is 7.27. The molecular formula is C19H26O5. The van der Waals surface area contributed by atoms with Crippen molar-refractivity contribution in [3.63, 3.8) is 0 Å². The van der Waals surface area contributed by atoms with Crippen LogP contribution in [-0.4, -0.2) is 29.3 Å². The van der Waals surface area contributed by atoms with Gasteiger partial charge in [0.25, 0.3) is 0 Å². The maximum Gasteiger partial charge on any atom is 0.307 e. The van der Waals surface area contributed by atoms with Gasteiger partial charge in [0.15, 0.2) is 0 Å². The van der Waals surface area contributed by atoms with Crippen molar-refractivity contribution in [2.75, 3.05) is 0 Å². The van der Waals surface area contributed by atoms with Gasteiger partial charge in [0.05, 0.1) is 6.10 Å². The average molecular weight is 334 g/mol. The highest BCUT2D eigenvalue weighted by atomic mass is 16.5. The van der Waals surface area contributed by atoms with Crippen molar-refractivity contribution in [3.05, 3.63) is 23.5 Å². The van der Waals surface area contributed by atoms with Crippen LogP contribution in [0.3, 0.4) is 0 Å². The Hall–Kier alpha value is -1.62. The van der Waals surface area contributed by atoms with Gasteiger partial charge in [0, 0.05) is 32.1 Å². The number of esters is 2. The van der Waals surface area contributed by atoms with E-state index in [-0.39, 0.29) is 41.4 Å². The molecule has 0 saturated heterocycles. The molecule has 0 heterocycles. The van der Waals surface area contributed by atoms with E-state index in [4.69, 9.17) is 9.47 Å². The van der Waals surface area contributed by atoms with Crippen molar-refractivity contribution in [3.8, 4) is 0 Å². The predicted octanol–water partition coefficient (Wildman–Crippen LogP) is 2.88. The first-order valence-electron chi connectivity index (χ1n) is 8.76. The van der Waals surface area contributed by atoms with E-state index in [0.29, 0.717) is 18.6 Å². The summed E-state index contributed by atoms with van der Waals surface area (Å²) in [7, 11) is 0. The molecule has 5 unspecified atom stereocenters. The molecule has 0 spiro atoms. The van der Waals surface area contributed by atoms with Crippen LogP contribution in [0.1, 0.15) is 52.9 Å². The second-order valence-electron chi connectivity index (χ2n) is 7.50. The third-order valence-corrected chi connectivity index (χ3v) is 5.90. The minimum Gasteiger partial charge on any atom is -0.462 e. The van der Waals surface area contributed by atoms with Crippen LogP contribution >= 0.6 is 0 Å². The Balaban J connectivity index is 1.91. The monoisotopic (exact) mass is 334 g/mol. The quantitative estimate of drug-likeness (QED) is 0.786. The number of aliphatic hydroxyl groups is 1. The van der Waals surface area contributed by atoms with E-state index in [2.05, 4.69) is 13.0 Å². The Morgan fingerprint density at radius 1 is 1.25 bits per heavy atom.